The standard InChI is InChI=1S/C13H16O2/c1-10(2)13(3,9-12(14)15)11-7-5-4-6-8-11/h4-8H,1,9H2,2-3H3,(H,14,15). The Bertz CT molecular complexity index is 367. The number of carboxylic acid groups (broad SMARTS) is 1. The van der Waals surface area contributed by atoms with E-state index in [4.69, 9.17) is 5.11 Å². The third-order valence-corrected chi connectivity index (χ3v) is 2.86. The smallest absolute Gasteiger partial charge is 0.304 e. The highest BCUT2D eigenvalue weighted by molar-refractivity contribution is 5.70. The van der Waals surface area contributed by atoms with E-state index < -0.39 is 11.4 Å². The molecule has 2 heteroatoms. The summed E-state index contributed by atoms with van der Waals surface area (Å²) in [6, 6.07) is 9.63. The maximum absolute atomic E-state index is 10.9. The SMILES string of the molecule is C=C(C)C(C)(CC(=O)O)c1ccccc1. The van der Waals surface area contributed by atoms with E-state index in [2.05, 4.69) is 6.58 Å². The molecule has 0 fully saturated rings. The Labute approximate surface area is 90.3 Å². The Kier molecular flexibility index (Phi) is 3.30. The minimum Gasteiger partial charge on any atom is -0.481 e. The predicted molar refractivity (Wildman–Crippen MR) is 60.9 cm³/mol. The third-order valence-electron chi connectivity index (χ3n) is 2.86. The first-order valence-corrected chi connectivity index (χ1v) is 4.90. The van der Waals surface area contributed by atoms with Crippen LogP contribution in [-0.2, 0) is 10.2 Å². The molecule has 0 spiro atoms. The van der Waals surface area contributed by atoms with Crippen LogP contribution in [0.1, 0.15) is 25.8 Å². The monoisotopic (exact) mass is 204 g/mol. The van der Waals surface area contributed by atoms with Gasteiger partial charge in [0.1, 0.15) is 0 Å². The number of allylic oxidation sites excluding steroid dienone is 1. The van der Waals surface area contributed by atoms with Crippen molar-refractivity contribution in [3.63, 3.8) is 0 Å². The molecule has 1 aromatic carbocycles. The van der Waals surface area contributed by atoms with Gasteiger partial charge >= 0.3 is 5.97 Å². The third kappa shape index (κ3) is 2.46. The van der Waals surface area contributed by atoms with Crippen LogP contribution >= 0.6 is 0 Å². The largest absolute Gasteiger partial charge is 0.481 e. The van der Waals surface area contributed by atoms with Crippen molar-refractivity contribution in [3.05, 3.63) is 48.0 Å². The topological polar surface area (TPSA) is 37.3 Å². The number of benzene rings is 1. The molecule has 0 radical (unpaired) electrons. The summed E-state index contributed by atoms with van der Waals surface area (Å²) in [7, 11) is 0. The zero-order valence-corrected chi connectivity index (χ0v) is 9.16. The van der Waals surface area contributed by atoms with Gasteiger partial charge in [0.2, 0.25) is 0 Å². The highest BCUT2D eigenvalue weighted by atomic mass is 16.4. The van der Waals surface area contributed by atoms with Gasteiger partial charge in [0.15, 0.2) is 0 Å². The van der Waals surface area contributed by atoms with Crippen LogP contribution in [0.2, 0.25) is 0 Å². The van der Waals surface area contributed by atoms with Crippen molar-refractivity contribution in [3.8, 4) is 0 Å². The summed E-state index contributed by atoms with van der Waals surface area (Å²) < 4.78 is 0. The molecule has 0 amide bonds. The Balaban J connectivity index is 3.13. The number of rotatable bonds is 4. The highest BCUT2D eigenvalue weighted by Crippen LogP contribution is 2.33. The number of carboxylic acids is 1. The summed E-state index contributed by atoms with van der Waals surface area (Å²) in [6.45, 7) is 7.68. The molecule has 0 aliphatic carbocycles. The lowest BCUT2D eigenvalue weighted by Gasteiger charge is -2.29. The summed E-state index contributed by atoms with van der Waals surface area (Å²) in [4.78, 5) is 10.9. The second-order valence-corrected chi connectivity index (χ2v) is 4.05. The van der Waals surface area contributed by atoms with Crippen LogP contribution in [-0.4, -0.2) is 11.1 Å². The fourth-order valence-corrected chi connectivity index (χ4v) is 1.61. The molecule has 1 N–H and O–H groups in total. The highest BCUT2D eigenvalue weighted by Gasteiger charge is 2.30. The van der Waals surface area contributed by atoms with Gasteiger partial charge < -0.3 is 5.11 Å². The molecule has 0 saturated carbocycles. The van der Waals surface area contributed by atoms with Crippen molar-refractivity contribution in [1.82, 2.24) is 0 Å². The van der Waals surface area contributed by atoms with Crippen LogP contribution in [0.4, 0.5) is 0 Å². The number of hydrogen-bond donors (Lipinski definition) is 1. The second-order valence-electron chi connectivity index (χ2n) is 4.05. The van der Waals surface area contributed by atoms with Crippen LogP contribution in [0.5, 0.6) is 0 Å². The van der Waals surface area contributed by atoms with Gasteiger partial charge in [0.25, 0.3) is 0 Å². The van der Waals surface area contributed by atoms with E-state index in [1.807, 2.05) is 44.2 Å². The van der Waals surface area contributed by atoms with E-state index in [0.29, 0.717) is 0 Å². The van der Waals surface area contributed by atoms with Gasteiger partial charge in [-0.25, -0.2) is 0 Å². The van der Waals surface area contributed by atoms with E-state index in [0.717, 1.165) is 11.1 Å². The summed E-state index contributed by atoms with van der Waals surface area (Å²) in [5, 5.41) is 8.92. The molecule has 0 saturated heterocycles. The van der Waals surface area contributed by atoms with Crippen LogP contribution in [0.3, 0.4) is 0 Å². The van der Waals surface area contributed by atoms with Crippen molar-refractivity contribution in [2.75, 3.05) is 0 Å². The second kappa shape index (κ2) is 4.30. The van der Waals surface area contributed by atoms with Crippen molar-refractivity contribution in [2.45, 2.75) is 25.7 Å². The van der Waals surface area contributed by atoms with Gasteiger partial charge in [-0.05, 0) is 12.5 Å². The lowest BCUT2D eigenvalue weighted by atomic mass is 9.74. The van der Waals surface area contributed by atoms with Crippen molar-refractivity contribution in [2.24, 2.45) is 0 Å². The van der Waals surface area contributed by atoms with Crippen LogP contribution in [0.25, 0.3) is 0 Å². The van der Waals surface area contributed by atoms with E-state index in [1.54, 1.807) is 0 Å². The quantitative estimate of drug-likeness (QED) is 0.765. The number of carbonyl (C=O) groups is 1. The molecule has 1 rings (SSSR count). The summed E-state index contributed by atoms with van der Waals surface area (Å²) in [5.74, 6) is -0.802. The Hall–Kier alpha value is -1.57. The summed E-state index contributed by atoms with van der Waals surface area (Å²) in [6.07, 6.45) is 0.0757. The van der Waals surface area contributed by atoms with Gasteiger partial charge in [0, 0.05) is 5.41 Å². The number of hydrogen-bond acceptors (Lipinski definition) is 1. The first kappa shape index (κ1) is 11.5. The minimum atomic E-state index is -0.802. The van der Waals surface area contributed by atoms with Gasteiger partial charge in [-0.2, -0.15) is 0 Å². The Morgan fingerprint density at radius 1 is 1.40 bits per heavy atom. The fourth-order valence-electron chi connectivity index (χ4n) is 1.61. The molecule has 0 aromatic heterocycles. The lowest BCUT2D eigenvalue weighted by Crippen LogP contribution is -2.26. The Morgan fingerprint density at radius 2 is 1.93 bits per heavy atom. The lowest BCUT2D eigenvalue weighted by molar-refractivity contribution is -0.138. The van der Waals surface area contributed by atoms with Crippen molar-refractivity contribution < 1.29 is 9.90 Å². The van der Waals surface area contributed by atoms with Crippen LogP contribution in [0, 0.1) is 0 Å². The normalized spacial score (nSPS) is 14.3. The van der Waals surface area contributed by atoms with Crippen molar-refractivity contribution >= 4 is 5.97 Å². The van der Waals surface area contributed by atoms with Crippen molar-refractivity contribution in [1.29, 1.82) is 0 Å². The number of aliphatic carboxylic acids is 1. The molecule has 0 aliphatic heterocycles. The molecule has 1 unspecified atom stereocenters. The zero-order valence-electron chi connectivity index (χ0n) is 9.16. The molecule has 0 heterocycles. The van der Waals surface area contributed by atoms with Gasteiger partial charge in [-0.15, -0.1) is 0 Å². The molecule has 15 heavy (non-hydrogen) atoms. The first-order chi connectivity index (χ1) is 6.97. The molecule has 1 atom stereocenters. The molecule has 1 aromatic rings. The maximum atomic E-state index is 10.9. The maximum Gasteiger partial charge on any atom is 0.304 e. The first-order valence-electron chi connectivity index (χ1n) is 4.90. The fraction of sp³-hybridized carbons (Fsp3) is 0.308. The molecule has 0 aliphatic rings. The van der Waals surface area contributed by atoms with Crippen LogP contribution < -0.4 is 0 Å². The summed E-state index contributed by atoms with van der Waals surface area (Å²) >= 11 is 0. The Morgan fingerprint density at radius 3 is 2.33 bits per heavy atom. The molecule has 80 valence electrons. The van der Waals surface area contributed by atoms with Gasteiger partial charge in [-0.1, -0.05) is 49.4 Å². The van der Waals surface area contributed by atoms with E-state index in [9.17, 15) is 4.79 Å². The molecular weight excluding hydrogens is 188 g/mol. The van der Waals surface area contributed by atoms with Crippen LogP contribution in [0.15, 0.2) is 42.5 Å². The average Bonchev–Trinajstić information content (AvgIpc) is 2.17. The van der Waals surface area contributed by atoms with E-state index in [-0.39, 0.29) is 6.42 Å². The van der Waals surface area contributed by atoms with E-state index in [1.165, 1.54) is 0 Å². The summed E-state index contributed by atoms with van der Waals surface area (Å²) in [5.41, 5.74) is 1.39. The average molecular weight is 204 g/mol. The predicted octanol–water partition coefficient (Wildman–Crippen LogP) is 3.00. The van der Waals surface area contributed by atoms with Gasteiger partial charge in [0.05, 0.1) is 6.42 Å². The zero-order chi connectivity index (χ0) is 11.5. The molecule has 0 bridgehead atoms. The minimum absolute atomic E-state index is 0.0757. The molecular formula is C13H16O2. The van der Waals surface area contributed by atoms with E-state index >= 15 is 0 Å². The van der Waals surface area contributed by atoms with Gasteiger partial charge in [-0.3, -0.25) is 4.79 Å². The molecule has 2 nitrogen and oxygen atoms in total.